The number of hydrogen-bond donors (Lipinski definition) is 0. The summed E-state index contributed by atoms with van der Waals surface area (Å²) >= 11 is 0. The molecule has 5 heteroatoms. The predicted molar refractivity (Wildman–Crippen MR) is 105 cm³/mol. The Morgan fingerprint density at radius 2 is 1.96 bits per heavy atom. The quantitative estimate of drug-likeness (QED) is 0.205. The maximum absolute atomic E-state index is 12.2. The first-order valence-electron chi connectivity index (χ1n) is 10.2. The molecule has 27 heavy (non-hydrogen) atoms. The van der Waals surface area contributed by atoms with Crippen LogP contribution in [0.3, 0.4) is 0 Å². The fraction of sp³-hybridized carbons (Fsp3) is 0.773. The van der Waals surface area contributed by atoms with Gasteiger partial charge in [0.1, 0.15) is 5.78 Å². The third-order valence-corrected chi connectivity index (χ3v) is 5.18. The first-order chi connectivity index (χ1) is 12.8. The largest absolute Gasteiger partial charge is 0.463 e. The van der Waals surface area contributed by atoms with E-state index < -0.39 is 11.8 Å². The van der Waals surface area contributed by atoms with Gasteiger partial charge in [0, 0.05) is 25.4 Å². The van der Waals surface area contributed by atoms with Crippen LogP contribution in [-0.2, 0) is 23.9 Å². The predicted octanol–water partition coefficient (Wildman–Crippen LogP) is 4.43. The van der Waals surface area contributed by atoms with Crippen molar-refractivity contribution in [3.63, 3.8) is 0 Å². The summed E-state index contributed by atoms with van der Waals surface area (Å²) in [4.78, 5) is 34.7. The van der Waals surface area contributed by atoms with E-state index in [-0.39, 0.29) is 17.9 Å². The lowest BCUT2D eigenvalue weighted by molar-refractivity contribution is -0.151. The monoisotopic (exact) mass is 380 g/mol. The van der Waals surface area contributed by atoms with E-state index in [2.05, 4.69) is 37.7 Å². The smallest absolute Gasteiger partial charge is 0.374 e. The van der Waals surface area contributed by atoms with Crippen LogP contribution in [-0.4, -0.2) is 36.9 Å². The topological polar surface area (TPSA) is 69.7 Å². The minimum atomic E-state index is -0.767. The standard InChI is InChI=1S/C22H36O5/c1-5-16-27-22(2,3)15-9-10-17-13-14-19(23)18(17)11-7-6-8-12-20(24)21(25)26-4/h9-10,17-18H,5-8,11-16H2,1-4H3/t17-,18+/m0/s1. The number of carbonyl (C=O) groups is 3. The van der Waals surface area contributed by atoms with Crippen molar-refractivity contribution < 1.29 is 23.9 Å². The maximum atomic E-state index is 12.2. The van der Waals surface area contributed by atoms with Crippen LogP contribution in [0.2, 0.25) is 0 Å². The van der Waals surface area contributed by atoms with Gasteiger partial charge in [-0.25, -0.2) is 4.79 Å². The highest BCUT2D eigenvalue weighted by molar-refractivity contribution is 6.33. The van der Waals surface area contributed by atoms with E-state index >= 15 is 0 Å². The van der Waals surface area contributed by atoms with Crippen molar-refractivity contribution in [3.05, 3.63) is 12.2 Å². The third-order valence-electron chi connectivity index (χ3n) is 5.18. The van der Waals surface area contributed by atoms with Gasteiger partial charge in [0.2, 0.25) is 5.78 Å². The second-order valence-corrected chi connectivity index (χ2v) is 8.03. The van der Waals surface area contributed by atoms with Crippen molar-refractivity contribution in [2.45, 2.75) is 84.2 Å². The molecule has 0 unspecified atom stereocenters. The second kappa shape index (κ2) is 12.1. The fourth-order valence-corrected chi connectivity index (χ4v) is 3.55. The molecule has 0 aromatic rings. The Hall–Kier alpha value is -1.49. The molecule has 0 saturated heterocycles. The highest BCUT2D eigenvalue weighted by Crippen LogP contribution is 2.34. The molecule has 154 valence electrons. The Balaban J connectivity index is 2.36. The fourth-order valence-electron chi connectivity index (χ4n) is 3.55. The Kier molecular flexibility index (Phi) is 10.5. The van der Waals surface area contributed by atoms with Crippen LogP contribution in [0.1, 0.15) is 78.6 Å². The van der Waals surface area contributed by atoms with Gasteiger partial charge in [-0.2, -0.15) is 0 Å². The second-order valence-electron chi connectivity index (χ2n) is 8.03. The average molecular weight is 381 g/mol. The number of ketones is 2. The third kappa shape index (κ3) is 8.83. The first-order valence-corrected chi connectivity index (χ1v) is 10.2. The number of Topliss-reactive ketones (excluding diaryl/α,β-unsaturated/α-hetero) is 2. The summed E-state index contributed by atoms with van der Waals surface area (Å²) in [6, 6.07) is 0. The zero-order chi connectivity index (χ0) is 20.3. The molecule has 0 heterocycles. The van der Waals surface area contributed by atoms with Gasteiger partial charge >= 0.3 is 5.97 Å². The van der Waals surface area contributed by atoms with Gasteiger partial charge in [-0.05, 0) is 51.9 Å². The van der Waals surface area contributed by atoms with E-state index in [1.165, 1.54) is 7.11 Å². The zero-order valence-corrected chi connectivity index (χ0v) is 17.4. The molecule has 0 aromatic heterocycles. The van der Waals surface area contributed by atoms with E-state index in [0.29, 0.717) is 24.5 Å². The van der Waals surface area contributed by atoms with Gasteiger partial charge in [0.15, 0.2) is 0 Å². The van der Waals surface area contributed by atoms with E-state index in [9.17, 15) is 14.4 Å². The Morgan fingerprint density at radius 1 is 1.22 bits per heavy atom. The average Bonchev–Trinajstić information content (AvgIpc) is 2.98. The zero-order valence-electron chi connectivity index (χ0n) is 17.4. The molecule has 0 spiro atoms. The van der Waals surface area contributed by atoms with Gasteiger partial charge in [-0.3, -0.25) is 9.59 Å². The van der Waals surface area contributed by atoms with E-state index in [4.69, 9.17) is 4.74 Å². The number of hydrogen-bond acceptors (Lipinski definition) is 5. The molecule has 0 amide bonds. The van der Waals surface area contributed by atoms with Crippen molar-refractivity contribution in [2.75, 3.05) is 13.7 Å². The van der Waals surface area contributed by atoms with Crippen LogP contribution < -0.4 is 0 Å². The summed E-state index contributed by atoms with van der Waals surface area (Å²) in [5.74, 6) is -0.467. The molecular formula is C22H36O5. The maximum Gasteiger partial charge on any atom is 0.374 e. The minimum absolute atomic E-state index is 0.0947. The molecule has 0 aromatic carbocycles. The number of allylic oxidation sites excluding steroid dienone is 1. The van der Waals surface area contributed by atoms with Gasteiger partial charge in [-0.1, -0.05) is 31.9 Å². The van der Waals surface area contributed by atoms with Crippen molar-refractivity contribution in [3.8, 4) is 0 Å². The molecule has 1 fully saturated rings. The van der Waals surface area contributed by atoms with Gasteiger partial charge in [0.25, 0.3) is 0 Å². The summed E-state index contributed by atoms with van der Waals surface area (Å²) in [5, 5.41) is 0. The molecule has 2 atom stereocenters. The lowest BCUT2D eigenvalue weighted by Crippen LogP contribution is -2.24. The van der Waals surface area contributed by atoms with Crippen LogP contribution in [0.4, 0.5) is 0 Å². The SMILES string of the molecule is CCCOC(C)(C)CC=C[C@H]1CCC(=O)[C@@H]1CCCCCC(=O)C(=O)OC. The summed E-state index contributed by atoms with van der Waals surface area (Å²) in [5.41, 5.74) is -0.170. The van der Waals surface area contributed by atoms with Crippen molar-refractivity contribution in [2.24, 2.45) is 11.8 Å². The Bertz CT molecular complexity index is 521. The van der Waals surface area contributed by atoms with Gasteiger partial charge in [-0.15, -0.1) is 0 Å². The Morgan fingerprint density at radius 3 is 2.63 bits per heavy atom. The molecule has 5 nitrogen and oxygen atoms in total. The molecule has 0 radical (unpaired) electrons. The molecule has 1 saturated carbocycles. The highest BCUT2D eigenvalue weighted by atomic mass is 16.5. The van der Waals surface area contributed by atoms with Crippen LogP contribution in [0.25, 0.3) is 0 Å². The van der Waals surface area contributed by atoms with Gasteiger partial charge in [0.05, 0.1) is 12.7 Å². The lowest BCUT2D eigenvalue weighted by Gasteiger charge is -2.24. The number of methoxy groups -OCH3 is 1. The van der Waals surface area contributed by atoms with E-state index in [1.54, 1.807) is 0 Å². The number of esters is 1. The number of unbranched alkanes of at least 4 members (excludes halogenated alkanes) is 2. The highest BCUT2D eigenvalue weighted by Gasteiger charge is 2.32. The normalized spacial score (nSPS) is 20.4. The van der Waals surface area contributed by atoms with Crippen LogP contribution >= 0.6 is 0 Å². The summed E-state index contributed by atoms with van der Waals surface area (Å²) < 4.78 is 10.3. The van der Waals surface area contributed by atoms with Crippen LogP contribution in [0.15, 0.2) is 12.2 Å². The van der Waals surface area contributed by atoms with Gasteiger partial charge < -0.3 is 9.47 Å². The Labute approximate surface area is 163 Å². The van der Waals surface area contributed by atoms with E-state index in [0.717, 1.165) is 45.1 Å². The summed E-state index contributed by atoms with van der Waals surface area (Å²) in [6.45, 7) is 7.07. The molecule has 1 aliphatic carbocycles. The molecule has 1 aliphatic rings. The molecule has 0 aliphatic heterocycles. The number of rotatable bonds is 13. The number of ether oxygens (including phenoxy) is 2. The summed E-state index contributed by atoms with van der Waals surface area (Å²) in [7, 11) is 1.22. The van der Waals surface area contributed by atoms with Crippen molar-refractivity contribution >= 4 is 17.5 Å². The molecular weight excluding hydrogens is 344 g/mol. The summed E-state index contributed by atoms with van der Waals surface area (Å²) in [6.07, 6.45) is 11.3. The van der Waals surface area contributed by atoms with Crippen LogP contribution in [0.5, 0.6) is 0 Å². The first kappa shape index (κ1) is 23.5. The van der Waals surface area contributed by atoms with Crippen LogP contribution in [0, 0.1) is 11.8 Å². The molecule has 0 bridgehead atoms. The molecule has 1 rings (SSSR count). The lowest BCUT2D eigenvalue weighted by atomic mass is 9.89. The minimum Gasteiger partial charge on any atom is -0.463 e. The molecule has 0 N–H and O–H groups in total. The van der Waals surface area contributed by atoms with Crippen molar-refractivity contribution in [1.29, 1.82) is 0 Å². The number of carbonyl (C=O) groups excluding carboxylic acids is 3. The van der Waals surface area contributed by atoms with E-state index in [1.807, 2.05) is 0 Å². The van der Waals surface area contributed by atoms with Crippen molar-refractivity contribution in [1.82, 2.24) is 0 Å².